The van der Waals surface area contributed by atoms with Gasteiger partial charge in [0.25, 0.3) is 0 Å². The number of aromatic nitrogens is 2. The van der Waals surface area contributed by atoms with Gasteiger partial charge in [-0.15, -0.1) is 0 Å². The molecular formula is C7H13N3O. The van der Waals surface area contributed by atoms with Gasteiger partial charge in [-0.3, -0.25) is 15.0 Å². The van der Waals surface area contributed by atoms with Gasteiger partial charge in [0.15, 0.2) is 0 Å². The van der Waals surface area contributed by atoms with Gasteiger partial charge in [0, 0.05) is 7.05 Å². The maximum absolute atomic E-state index is 4.80. The van der Waals surface area contributed by atoms with Crippen LogP contribution in [0.1, 0.15) is 11.4 Å². The summed E-state index contributed by atoms with van der Waals surface area (Å²) in [5.41, 5.74) is 5.76. The van der Waals surface area contributed by atoms with Gasteiger partial charge in [-0.1, -0.05) is 0 Å². The molecule has 62 valence electrons. The maximum Gasteiger partial charge on any atom is 0.104 e. The van der Waals surface area contributed by atoms with Gasteiger partial charge in [0.1, 0.15) is 5.69 Å². The molecule has 0 aliphatic rings. The highest BCUT2D eigenvalue weighted by atomic mass is 16.6. The van der Waals surface area contributed by atoms with Gasteiger partial charge in [0.2, 0.25) is 0 Å². The first-order valence-electron chi connectivity index (χ1n) is 3.46. The number of anilines is 1. The Kier molecular flexibility index (Phi) is 2.14. The minimum atomic E-state index is 0.951. The highest BCUT2D eigenvalue weighted by Gasteiger charge is 2.07. The predicted octanol–water partition coefficient (Wildman–Crippen LogP) is 1.01. The first-order chi connectivity index (χ1) is 5.16. The van der Waals surface area contributed by atoms with E-state index in [1.807, 2.05) is 25.6 Å². The zero-order chi connectivity index (χ0) is 8.43. The molecule has 1 aromatic rings. The standard InChI is InChI=1S/C7H13N3O/c1-5-7(9-11-4)6(2)10(3)8-5/h9H,1-4H3. The Balaban J connectivity index is 3.02. The molecule has 0 fully saturated rings. The van der Waals surface area contributed by atoms with Crippen LogP contribution < -0.4 is 5.48 Å². The molecule has 0 aliphatic carbocycles. The summed E-state index contributed by atoms with van der Waals surface area (Å²) in [6.45, 7) is 3.93. The van der Waals surface area contributed by atoms with Crippen molar-refractivity contribution in [1.82, 2.24) is 9.78 Å². The van der Waals surface area contributed by atoms with Crippen molar-refractivity contribution in [1.29, 1.82) is 0 Å². The van der Waals surface area contributed by atoms with Crippen LogP contribution in [0.3, 0.4) is 0 Å². The van der Waals surface area contributed by atoms with Gasteiger partial charge < -0.3 is 0 Å². The van der Waals surface area contributed by atoms with Crippen LogP contribution in [-0.2, 0) is 11.9 Å². The number of nitrogens with one attached hydrogen (secondary N) is 1. The largest absolute Gasteiger partial charge is 0.279 e. The number of hydrogen-bond donors (Lipinski definition) is 1. The van der Waals surface area contributed by atoms with Gasteiger partial charge in [-0.25, -0.2) is 0 Å². The number of aryl methyl sites for hydroxylation is 2. The van der Waals surface area contributed by atoms with Crippen LogP contribution >= 0.6 is 0 Å². The monoisotopic (exact) mass is 155 g/mol. The molecule has 4 heteroatoms. The average Bonchev–Trinajstić information content (AvgIpc) is 2.17. The lowest BCUT2D eigenvalue weighted by atomic mass is 10.3. The van der Waals surface area contributed by atoms with E-state index in [-0.39, 0.29) is 0 Å². The summed E-state index contributed by atoms with van der Waals surface area (Å²) < 4.78 is 1.82. The van der Waals surface area contributed by atoms with Crippen LogP contribution in [0.15, 0.2) is 0 Å². The van der Waals surface area contributed by atoms with Crippen LogP contribution in [0.2, 0.25) is 0 Å². The Morgan fingerprint density at radius 3 is 2.45 bits per heavy atom. The molecule has 0 radical (unpaired) electrons. The maximum atomic E-state index is 4.80. The molecule has 11 heavy (non-hydrogen) atoms. The van der Waals surface area contributed by atoms with Crippen LogP contribution in [-0.4, -0.2) is 16.9 Å². The zero-order valence-electron chi connectivity index (χ0n) is 7.30. The van der Waals surface area contributed by atoms with Crippen molar-refractivity contribution in [2.45, 2.75) is 13.8 Å². The third-order valence-electron chi connectivity index (χ3n) is 1.71. The topological polar surface area (TPSA) is 39.1 Å². The fourth-order valence-corrected chi connectivity index (χ4v) is 1.02. The molecular weight excluding hydrogens is 142 g/mol. The normalized spacial score (nSPS) is 10.2. The van der Waals surface area contributed by atoms with E-state index in [4.69, 9.17) is 4.84 Å². The molecule has 0 atom stereocenters. The summed E-state index contributed by atoms with van der Waals surface area (Å²) in [4.78, 5) is 4.80. The summed E-state index contributed by atoms with van der Waals surface area (Å²) in [5, 5.41) is 4.20. The quantitative estimate of drug-likeness (QED) is 0.648. The summed E-state index contributed by atoms with van der Waals surface area (Å²) in [6, 6.07) is 0. The summed E-state index contributed by atoms with van der Waals surface area (Å²) >= 11 is 0. The minimum Gasteiger partial charge on any atom is -0.279 e. The van der Waals surface area contributed by atoms with Gasteiger partial charge in [-0.2, -0.15) is 5.10 Å². The molecule has 4 nitrogen and oxygen atoms in total. The van der Waals surface area contributed by atoms with Crippen LogP contribution in [0.25, 0.3) is 0 Å². The predicted molar refractivity (Wildman–Crippen MR) is 43.3 cm³/mol. The Bertz CT molecular complexity index is 254. The molecule has 0 amide bonds. The van der Waals surface area contributed by atoms with Gasteiger partial charge in [-0.05, 0) is 13.8 Å². The lowest BCUT2D eigenvalue weighted by Crippen LogP contribution is -1.98. The summed E-state index contributed by atoms with van der Waals surface area (Å²) in [5.74, 6) is 0. The molecule has 1 heterocycles. The molecule has 0 spiro atoms. The van der Waals surface area contributed by atoms with E-state index in [0.717, 1.165) is 17.1 Å². The fraction of sp³-hybridized carbons (Fsp3) is 0.571. The lowest BCUT2D eigenvalue weighted by molar-refractivity contribution is 0.270. The number of nitrogens with zero attached hydrogens (tertiary/aromatic N) is 2. The molecule has 1 aromatic heterocycles. The Morgan fingerprint density at radius 1 is 1.45 bits per heavy atom. The van der Waals surface area contributed by atoms with Gasteiger partial charge in [0.05, 0.1) is 18.5 Å². The Hall–Kier alpha value is -1.03. The van der Waals surface area contributed by atoms with Crippen molar-refractivity contribution in [2.24, 2.45) is 7.05 Å². The average molecular weight is 155 g/mol. The molecule has 0 bridgehead atoms. The van der Waals surface area contributed by atoms with Crippen LogP contribution in [0.5, 0.6) is 0 Å². The van der Waals surface area contributed by atoms with E-state index in [2.05, 4.69) is 10.6 Å². The summed E-state index contributed by atoms with van der Waals surface area (Å²) in [6.07, 6.45) is 0. The second-order valence-corrected chi connectivity index (χ2v) is 2.48. The third-order valence-corrected chi connectivity index (χ3v) is 1.71. The Labute approximate surface area is 66.1 Å². The van der Waals surface area contributed by atoms with Crippen LogP contribution in [0, 0.1) is 13.8 Å². The summed E-state index contributed by atoms with van der Waals surface area (Å²) in [7, 11) is 3.50. The second kappa shape index (κ2) is 2.92. The molecule has 0 aromatic carbocycles. The molecule has 1 rings (SSSR count). The van der Waals surface area contributed by atoms with Gasteiger partial charge >= 0.3 is 0 Å². The van der Waals surface area contributed by atoms with E-state index >= 15 is 0 Å². The van der Waals surface area contributed by atoms with Crippen molar-refractivity contribution in [2.75, 3.05) is 12.6 Å². The highest BCUT2D eigenvalue weighted by Crippen LogP contribution is 2.17. The SMILES string of the molecule is CONc1c(C)nn(C)c1C. The zero-order valence-corrected chi connectivity index (χ0v) is 7.30. The van der Waals surface area contributed by atoms with Crippen molar-refractivity contribution in [3.05, 3.63) is 11.4 Å². The molecule has 1 N–H and O–H groups in total. The van der Waals surface area contributed by atoms with E-state index in [1.54, 1.807) is 7.11 Å². The van der Waals surface area contributed by atoms with Crippen molar-refractivity contribution >= 4 is 5.69 Å². The lowest BCUT2D eigenvalue weighted by Gasteiger charge is -2.01. The van der Waals surface area contributed by atoms with E-state index in [1.165, 1.54) is 0 Å². The third kappa shape index (κ3) is 1.35. The number of hydrogen-bond acceptors (Lipinski definition) is 3. The van der Waals surface area contributed by atoms with Crippen molar-refractivity contribution in [3.63, 3.8) is 0 Å². The first kappa shape index (κ1) is 8.07. The minimum absolute atomic E-state index is 0.951. The first-order valence-corrected chi connectivity index (χ1v) is 3.46. The van der Waals surface area contributed by atoms with E-state index < -0.39 is 0 Å². The van der Waals surface area contributed by atoms with E-state index in [0.29, 0.717) is 0 Å². The second-order valence-electron chi connectivity index (χ2n) is 2.48. The van der Waals surface area contributed by atoms with E-state index in [9.17, 15) is 0 Å². The van der Waals surface area contributed by atoms with Crippen molar-refractivity contribution < 1.29 is 4.84 Å². The molecule has 0 unspecified atom stereocenters. The smallest absolute Gasteiger partial charge is 0.104 e. The molecule has 0 aliphatic heterocycles. The Morgan fingerprint density at radius 2 is 2.09 bits per heavy atom. The fourth-order valence-electron chi connectivity index (χ4n) is 1.02. The van der Waals surface area contributed by atoms with Crippen LogP contribution in [0.4, 0.5) is 5.69 Å². The molecule has 0 saturated carbocycles. The van der Waals surface area contributed by atoms with Crippen molar-refractivity contribution in [3.8, 4) is 0 Å². The molecule has 0 saturated heterocycles. The number of rotatable bonds is 2. The highest BCUT2D eigenvalue weighted by molar-refractivity contribution is 5.49.